The Kier molecular flexibility index (Phi) is 19.7. The number of nitro benzene ring substituents is 1. The van der Waals surface area contributed by atoms with E-state index in [4.69, 9.17) is 33.7 Å². The number of hydrogen-bond donors (Lipinski definition) is 2. The van der Waals surface area contributed by atoms with E-state index in [0.717, 1.165) is 48.1 Å². The highest BCUT2D eigenvalue weighted by Crippen LogP contribution is 2.62. The van der Waals surface area contributed by atoms with Crippen molar-refractivity contribution in [3.8, 4) is 11.5 Å². The Morgan fingerprint density at radius 3 is 2.37 bits per heavy atom. The third-order valence-corrected chi connectivity index (χ3v) is 14.2. The zero-order valence-electron chi connectivity index (χ0n) is 40.1. The van der Waals surface area contributed by atoms with Crippen molar-refractivity contribution in [2.24, 2.45) is 22.9 Å². The first-order chi connectivity index (χ1) is 34.3. The van der Waals surface area contributed by atoms with Crippen LogP contribution in [0.25, 0.3) is 0 Å². The number of aliphatic hydroxyl groups excluding tert-OH is 2. The van der Waals surface area contributed by atoms with Crippen LogP contribution in [0.15, 0.2) is 137 Å². The molecule has 0 radical (unpaired) electrons. The highest BCUT2D eigenvalue weighted by Gasteiger charge is 2.65. The summed E-state index contributed by atoms with van der Waals surface area (Å²) >= 11 is 1.73. The zero-order valence-corrected chi connectivity index (χ0v) is 40.9. The number of carbonyl (C=O) groups is 1. The molecular weight excluding hydrogens is 911 g/mol. The van der Waals surface area contributed by atoms with Gasteiger partial charge in [0.25, 0.3) is 5.69 Å². The zero-order chi connectivity index (χ0) is 49.1. The largest absolute Gasteiger partial charge is 0.493 e. The van der Waals surface area contributed by atoms with E-state index in [-0.39, 0.29) is 69.5 Å². The molecule has 70 heavy (non-hydrogen) atoms. The summed E-state index contributed by atoms with van der Waals surface area (Å²) < 4.78 is 32.9. The molecule has 15 heteroatoms. The number of ether oxygens (including phenoxy) is 5. The van der Waals surface area contributed by atoms with E-state index in [1.807, 2.05) is 67.6 Å². The summed E-state index contributed by atoms with van der Waals surface area (Å²) in [6.45, 7) is 7.74. The Bertz CT molecular complexity index is 2350. The second-order valence-electron chi connectivity index (χ2n) is 17.8. The predicted molar refractivity (Wildman–Crippen MR) is 270 cm³/mol. The molecule has 7 rings (SSSR count). The molecule has 1 fully saturated rings. The van der Waals surface area contributed by atoms with Gasteiger partial charge in [0.05, 0.1) is 43.0 Å². The van der Waals surface area contributed by atoms with Gasteiger partial charge in [-0.15, -0.1) is 18.3 Å². The minimum Gasteiger partial charge on any atom is -0.493 e. The lowest BCUT2D eigenvalue weighted by molar-refractivity contribution is -0.384. The number of thioether (sulfide) groups is 1. The van der Waals surface area contributed by atoms with Gasteiger partial charge in [0.15, 0.2) is 0 Å². The van der Waals surface area contributed by atoms with Gasteiger partial charge in [-0.1, -0.05) is 85.6 Å². The number of unbranched alkanes of at least 4 members (excludes halogenated alkanes) is 2. The minimum absolute atomic E-state index is 0.0200. The van der Waals surface area contributed by atoms with Crippen LogP contribution in [-0.4, -0.2) is 95.6 Å². The Balaban J connectivity index is 1.31. The van der Waals surface area contributed by atoms with Gasteiger partial charge in [-0.2, -0.15) is 0 Å². The molecule has 1 saturated carbocycles. The molecule has 6 atom stereocenters. The first-order valence-electron chi connectivity index (χ1n) is 24.6. The number of nitro groups is 1. The van der Waals surface area contributed by atoms with Crippen molar-refractivity contribution in [3.63, 3.8) is 0 Å². The Labute approximate surface area is 415 Å². The van der Waals surface area contributed by atoms with E-state index >= 15 is 0 Å². The number of nitrogens with zero attached hydrogens (tertiary/aromatic N) is 3. The van der Waals surface area contributed by atoms with Crippen molar-refractivity contribution in [2.45, 2.75) is 94.1 Å². The summed E-state index contributed by atoms with van der Waals surface area (Å²) in [6, 6.07) is 31.4. The van der Waals surface area contributed by atoms with Gasteiger partial charge in [-0.3, -0.25) is 15.0 Å². The molecule has 2 N–H and O–H groups in total. The van der Waals surface area contributed by atoms with Gasteiger partial charge in [-0.05, 0) is 103 Å². The molecule has 0 spiro atoms. The lowest BCUT2D eigenvalue weighted by Crippen LogP contribution is -2.70. The predicted octanol–water partition coefficient (Wildman–Crippen LogP) is 10.7. The van der Waals surface area contributed by atoms with Crippen LogP contribution in [0.3, 0.4) is 0 Å². The van der Waals surface area contributed by atoms with Gasteiger partial charge in [0.2, 0.25) is 5.79 Å². The SMILES string of the molecule is C=CCO[C@@]12Oc3ccc(OCCSc4ccccc4)cc3[C@H]3[C@H](CCCCO)[C@@H](CCCCO)C=C(C(=NOCc4ccc([N+](=O)[O-])cc4)C[C@@H]1N(CCC)C(=O)OCCOCc1ccccc1)[C@H]32. The normalized spacial score (nSPS) is 21.7. The lowest BCUT2D eigenvalue weighted by Gasteiger charge is -2.59. The second-order valence-corrected chi connectivity index (χ2v) is 19.0. The fourth-order valence-electron chi connectivity index (χ4n) is 10.1. The average Bonchev–Trinajstić information content (AvgIpc) is 3.38. The van der Waals surface area contributed by atoms with Crippen LogP contribution >= 0.6 is 11.8 Å². The van der Waals surface area contributed by atoms with Gasteiger partial charge in [0.1, 0.15) is 30.8 Å². The summed E-state index contributed by atoms with van der Waals surface area (Å²) in [5, 5.41) is 36.3. The van der Waals surface area contributed by atoms with Gasteiger partial charge >= 0.3 is 6.09 Å². The van der Waals surface area contributed by atoms with Crippen LogP contribution in [0.1, 0.15) is 80.9 Å². The number of rotatable bonds is 28. The Hall–Kier alpha value is -5.71. The molecule has 3 aliphatic rings. The first kappa shape index (κ1) is 52.1. The first-order valence-corrected chi connectivity index (χ1v) is 25.6. The van der Waals surface area contributed by atoms with Crippen molar-refractivity contribution in [1.29, 1.82) is 0 Å². The lowest BCUT2D eigenvalue weighted by atomic mass is 9.55. The third kappa shape index (κ3) is 13.2. The molecule has 0 unspecified atom stereocenters. The van der Waals surface area contributed by atoms with Gasteiger partial charge in [-0.25, -0.2) is 4.79 Å². The monoisotopic (exact) mass is 977 g/mol. The Morgan fingerprint density at radius 1 is 0.929 bits per heavy atom. The molecule has 4 aromatic rings. The Morgan fingerprint density at radius 2 is 1.66 bits per heavy atom. The molecular formula is C55H67N3O11S. The van der Waals surface area contributed by atoms with Crippen LogP contribution in [0.4, 0.5) is 10.5 Å². The standard InChI is InChI=1S/C55H67N3O11S/c1-3-27-57(54(61)66-32-31-64-38-40-15-7-5-8-16-40)51-37-49(56-68-39-41-21-23-43(24-22-41)58(62)63)47-35-42(17-11-13-28-59)46(20-12-14-29-60)52-48-36-44(65-33-34-70-45-18-9-6-10-19-45)25-26-50(48)69-55(51,53(47)52)67-30-4-2/h4-10,15-16,18-19,21-26,35-36,42,46,51-53,59-60H,2-3,11-14,17,20,27-34,37-39H2,1H3/t42-,46+,51-,52+,53+,55+/m0/s1. The molecule has 0 saturated heterocycles. The molecule has 1 amide bonds. The number of aliphatic hydroxyl groups is 2. The number of allylic oxidation sites excluding steroid dienone is 1. The number of carbonyl (C=O) groups excluding carboxylic acids is 1. The van der Waals surface area contributed by atoms with Crippen molar-refractivity contribution in [1.82, 2.24) is 4.90 Å². The number of non-ortho nitro benzene ring substituents is 1. The van der Waals surface area contributed by atoms with Crippen LogP contribution in [0, 0.1) is 27.9 Å². The topological polar surface area (TPSA) is 172 Å². The molecule has 1 aliphatic heterocycles. The maximum Gasteiger partial charge on any atom is 0.410 e. The molecule has 4 aromatic carbocycles. The van der Waals surface area contributed by atoms with Crippen molar-refractivity contribution < 1.29 is 48.5 Å². The maximum absolute atomic E-state index is 14.6. The third-order valence-electron chi connectivity index (χ3n) is 13.2. The number of amides is 1. The van der Waals surface area contributed by atoms with Crippen LogP contribution in [0.5, 0.6) is 11.5 Å². The van der Waals surface area contributed by atoms with E-state index < -0.39 is 28.8 Å². The maximum atomic E-state index is 14.6. The fourth-order valence-corrected chi connectivity index (χ4v) is 10.9. The summed E-state index contributed by atoms with van der Waals surface area (Å²) in [6.07, 6.45) is 8.64. The van der Waals surface area contributed by atoms with Gasteiger partial charge < -0.3 is 38.7 Å². The molecule has 374 valence electrons. The highest BCUT2D eigenvalue weighted by atomic mass is 32.2. The van der Waals surface area contributed by atoms with E-state index in [0.29, 0.717) is 61.8 Å². The van der Waals surface area contributed by atoms with E-state index in [1.165, 1.54) is 17.0 Å². The van der Waals surface area contributed by atoms with Gasteiger partial charge in [0, 0.05) is 60.4 Å². The van der Waals surface area contributed by atoms with Crippen molar-refractivity contribution in [2.75, 3.05) is 51.9 Å². The van der Waals surface area contributed by atoms with Crippen LogP contribution < -0.4 is 9.47 Å². The van der Waals surface area contributed by atoms with E-state index in [2.05, 4.69) is 30.9 Å². The molecule has 14 nitrogen and oxygen atoms in total. The molecule has 0 aromatic heterocycles. The number of hydrogen-bond acceptors (Lipinski definition) is 13. The molecule has 0 bridgehead atoms. The average molecular weight is 978 g/mol. The molecule has 2 aliphatic carbocycles. The van der Waals surface area contributed by atoms with Crippen LogP contribution in [0.2, 0.25) is 0 Å². The van der Waals surface area contributed by atoms with Crippen molar-refractivity contribution in [3.05, 3.63) is 154 Å². The van der Waals surface area contributed by atoms with Crippen molar-refractivity contribution >= 4 is 29.3 Å². The summed E-state index contributed by atoms with van der Waals surface area (Å²) in [5.74, 6) is -0.121. The van der Waals surface area contributed by atoms with E-state index in [9.17, 15) is 25.1 Å². The fraction of sp³-hybridized carbons (Fsp3) is 0.455. The summed E-state index contributed by atoms with van der Waals surface area (Å²) in [5.41, 5.74) is 4.15. The second kappa shape index (κ2) is 26.5. The minimum atomic E-state index is -1.47. The summed E-state index contributed by atoms with van der Waals surface area (Å²) in [4.78, 5) is 34.7. The highest BCUT2D eigenvalue weighted by molar-refractivity contribution is 7.99. The smallest absolute Gasteiger partial charge is 0.410 e. The summed E-state index contributed by atoms with van der Waals surface area (Å²) in [7, 11) is 0. The van der Waals surface area contributed by atoms with E-state index in [1.54, 1.807) is 34.9 Å². The number of benzene rings is 4. The number of oxime groups is 1. The van der Waals surface area contributed by atoms with Crippen LogP contribution in [-0.2, 0) is 32.3 Å². The molecule has 1 heterocycles. The quantitative estimate of drug-likeness (QED) is 0.0182. The number of fused-ring (bicyclic) bond motifs is 2.